The van der Waals surface area contributed by atoms with Gasteiger partial charge in [0.05, 0.1) is 0 Å². The summed E-state index contributed by atoms with van der Waals surface area (Å²) in [6.45, 7) is 11.8. The summed E-state index contributed by atoms with van der Waals surface area (Å²) in [5, 5.41) is 2.56. The summed E-state index contributed by atoms with van der Waals surface area (Å²) in [5.74, 6) is 0.926. The van der Waals surface area contributed by atoms with Gasteiger partial charge >= 0.3 is 212 Å². The molecule has 1 aromatic rings. The Bertz CT molecular complexity index is 499. The monoisotopic (exact) mass is 554 g/mol. The van der Waals surface area contributed by atoms with Crippen molar-refractivity contribution in [3.63, 3.8) is 0 Å². The zero-order valence-electron chi connectivity index (χ0n) is 21.9. The number of hydrogen-bond acceptors (Lipinski definition) is 1. The predicted molar refractivity (Wildman–Crippen MR) is 146 cm³/mol. The summed E-state index contributed by atoms with van der Waals surface area (Å²) < 4.78 is 2.58. The predicted octanol–water partition coefficient (Wildman–Crippen LogP) is 10.1. The van der Waals surface area contributed by atoms with E-state index in [2.05, 4.69) is 57.4 Å². The Labute approximate surface area is 211 Å². The van der Waals surface area contributed by atoms with Crippen molar-refractivity contribution >= 4 is 35.4 Å². The molecule has 0 amide bonds. The molecule has 0 spiro atoms. The van der Waals surface area contributed by atoms with Crippen molar-refractivity contribution in [1.29, 1.82) is 0 Å². The molecule has 2 heteroatoms. The first-order valence-corrected chi connectivity index (χ1v) is 17.7. The molecular weight excluding hydrogens is 499 g/mol. The maximum atomic E-state index is 2.69. The minimum absolute atomic E-state index is 0.543. The van der Waals surface area contributed by atoms with Crippen LogP contribution < -0.4 is 2.89 Å². The van der Waals surface area contributed by atoms with Crippen molar-refractivity contribution in [3.8, 4) is 0 Å². The van der Waals surface area contributed by atoms with E-state index in [-0.39, 0.29) is 0 Å². The summed E-state index contributed by atoms with van der Waals surface area (Å²) in [7, 11) is 0. The van der Waals surface area contributed by atoms with E-state index in [1.165, 1.54) is 116 Å². The molecule has 1 unspecified atom stereocenters. The Morgan fingerprint density at radius 3 is 1.81 bits per heavy atom. The fourth-order valence-corrected chi connectivity index (χ4v) is 12.9. The molecule has 0 fully saturated rings. The third-order valence-corrected chi connectivity index (χ3v) is 14.3. The van der Waals surface area contributed by atoms with E-state index in [0.717, 1.165) is 9.35 Å². The molecule has 1 aromatic heterocycles. The van der Waals surface area contributed by atoms with Crippen LogP contribution in [0.15, 0.2) is 11.4 Å². The van der Waals surface area contributed by atoms with Crippen LogP contribution in [0.3, 0.4) is 0 Å². The second-order valence-electron chi connectivity index (χ2n) is 10.1. The molecule has 0 aliphatic rings. The summed E-state index contributed by atoms with van der Waals surface area (Å²) >= 11 is 1.61. The quantitative estimate of drug-likeness (QED) is 0.105. The number of unbranched alkanes of at least 4 members (excludes halogenated alkanes) is 7. The second-order valence-corrected chi connectivity index (χ2v) is 17.3. The zero-order chi connectivity index (χ0) is 22.8. The van der Waals surface area contributed by atoms with Crippen molar-refractivity contribution in [2.75, 3.05) is 0 Å². The topological polar surface area (TPSA) is 0 Å². The van der Waals surface area contributed by atoms with Gasteiger partial charge in [0.2, 0.25) is 0 Å². The van der Waals surface area contributed by atoms with Crippen molar-refractivity contribution in [3.05, 3.63) is 17.0 Å². The standard InChI is InChI=1S/C16H27S.C13H27.Sn/c1-3-5-7-8-10-15(9-6-4-2)13-16-11-12-17-14-16;1-4-7-10-13(11-8-5-2)12-9-6-3;/h11,14-15H,3-10,13H2,1-2H3;4-12H2,1-3H3;. The Morgan fingerprint density at radius 1 is 0.710 bits per heavy atom. The summed E-state index contributed by atoms with van der Waals surface area (Å²) in [6.07, 6.45) is 25.7. The van der Waals surface area contributed by atoms with Crippen molar-refractivity contribution in [1.82, 2.24) is 0 Å². The summed E-state index contributed by atoms with van der Waals surface area (Å²) in [6, 6.07) is 2.69. The van der Waals surface area contributed by atoms with Crippen LogP contribution in [0.2, 0.25) is 3.43 Å². The first-order valence-electron chi connectivity index (χ1n) is 14.0. The Kier molecular flexibility index (Phi) is 18.0. The molecule has 1 rings (SSSR count). The Balaban J connectivity index is 2.80. The molecule has 0 saturated heterocycles. The molecular formula is C29H54SSn. The van der Waals surface area contributed by atoms with E-state index in [0.29, 0.717) is 0 Å². The third kappa shape index (κ3) is 13.1. The molecule has 0 N–H and O–H groups in total. The van der Waals surface area contributed by atoms with E-state index in [4.69, 9.17) is 0 Å². The first-order chi connectivity index (χ1) is 15.1. The Hall–Kier alpha value is 0.499. The van der Waals surface area contributed by atoms with Gasteiger partial charge < -0.3 is 0 Å². The van der Waals surface area contributed by atoms with Crippen molar-refractivity contribution in [2.24, 2.45) is 5.92 Å². The van der Waals surface area contributed by atoms with Crippen LogP contribution in [0.4, 0.5) is 0 Å². The average Bonchev–Trinajstić information content (AvgIpc) is 3.22. The maximum absolute atomic E-state index is 2.69. The number of thiophene rings is 1. The van der Waals surface area contributed by atoms with Gasteiger partial charge in [-0.1, -0.05) is 0 Å². The van der Waals surface area contributed by atoms with Crippen LogP contribution >= 0.6 is 11.3 Å². The molecule has 0 nitrogen and oxygen atoms in total. The average molecular weight is 554 g/mol. The van der Waals surface area contributed by atoms with E-state index in [1.807, 2.05) is 2.89 Å². The summed E-state index contributed by atoms with van der Waals surface area (Å²) in [5.41, 5.74) is 1.69. The third-order valence-electron chi connectivity index (χ3n) is 7.03. The van der Waals surface area contributed by atoms with Gasteiger partial charge in [-0.05, 0) is 0 Å². The van der Waals surface area contributed by atoms with E-state index in [1.54, 1.807) is 5.56 Å². The minimum atomic E-state index is -0.543. The van der Waals surface area contributed by atoms with Crippen molar-refractivity contribution in [2.45, 2.75) is 154 Å². The van der Waals surface area contributed by atoms with Crippen molar-refractivity contribution < 1.29 is 0 Å². The van der Waals surface area contributed by atoms with Gasteiger partial charge in [0, 0.05) is 0 Å². The van der Waals surface area contributed by atoms with Gasteiger partial charge in [-0.3, -0.25) is 0 Å². The SMILES string of the molecule is CCCCCCC(CCCC)Cc1cs[c]([Sn][C](CCCC)(CCCC)CCCC)c1. The number of rotatable bonds is 21. The van der Waals surface area contributed by atoms with E-state index in [9.17, 15) is 0 Å². The van der Waals surface area contributed by atoms with Crippen LogP contribution in [-0.2, 0) is 6.42 Å². The molecule has 0 bridgehead atoms. The van der Waals surface area contributed by atoms with Gasteiger partial charge in [0.15, 0.2) is 0 Å². The van der Waals surface area contributed by atoms with Crippen LogP contribution in [0.1, 0.15) is 149 Å². The molecule has 0 aliphatic carbocycles. The van der Waals surface area contributed by atoms with Crippen LogP contribution in [-0.4, -0.2) is 21.1 Å². The number of hydrogen-bond donors (Lipinski definition) is 0. The molecule has 1 heterocycles. The molecule has 2 radical (unpaired) electrons. The van der Waals surface area contributed by atoms with Gasteiger partial charge in [0.1, 0.15) is 0 Å². The van der Waals surface area contributed by atoms with Gasteiger partial charge in [-0.15, -0.1) is 0 Å². The van der Waals surface area contributed by atoms with Crippen LogP contribution in [0, 0.1) is 5.92 Å². The summed E-state index contributed by atoms with van der Waals surface area (Å²) in [4.78, 5) is 0. The van der Waals surface area contributed by atoms with Crippen LogP contribution in [0.25, 0.3) is 0 Å². The first kappa shape index (κ1) is 29.5. The van der Waals surface area contributed by atoms with E-state index >= 15 is 0 Å². The van der Waals surface area contributed by atoms with Gasteiger partial charge in [-0.25, -0.2) is 0 Å². The second kappa shape index (κ2) is 18.9. The molecule has 0 aliphatic heterocycles. The van der Waals surface area contributed by atoms with E-state index < -0.39 is 21.1 Å². The van der Waals surface area contributed by atoms with Gasteiger partial charge in [-0.2, -0.15) is 0 Å². The Morgan fingerprint density at radius 2 is 1.26 bits per heavy atom. The fourth-order valence-electron chi connectivity index (χ4n) is 4.95. The molecule has 0 aromatic carbocycles. The van der Waals surface area contributed by atoms with Crippen LogP contribution in [0.5, 0.6) is 0 Å². The zero-order valence-corrected chi connectivity index (χ0v) is 25.5. The molecule has 31 heavy (non-hydrogen) atoms. The molecule has 1 atom stereocenters. The molecule has 0 saturated carbocycles. The fraction of sp³-hybridized carbons (Fsp3) is 0.862. The normalized spacial score (nSPS) is 13.1. The van der Waals surface area contributed by atoms with Gasteiger partial charge in [0.25, 0.3) is 0 Å². The molecule has 180 valence electrons.